The fraction of sp³-hybridized carbons (Fsp3) is 0.625. The van der Waals surface area contributed by atoms with Crippen molar-refractivity contribution >= 4 is 6.72 Å². The molecule has 0 atom stereocenters. The van der Waals surface area contributed by atoms with Gasteiger partial charge in [0.15, 0.2) is 0 Å². The third-order valence-electron chi connectivity index (χ3n) is 1.92. The first-order chi connectivity index (χ1) is 5.38. The van der Waals surface area contributed by atoms with Gasteiger partial charge in [-0.1, -0.05) is 6.58 Å². The van der Waals surface area contributed by atoms with E-state index in [1.165, 1.54) is 0 Å². The number of rotatable bonds is 3. The van der Waals surface area contributed by atoms with Crippen LogP contribution in [0.1, 0.15) is 12.8 Å². The van der Waals surface area contributed by atoms with Crippen LogP contribution in [0.4, 0.5) is 0 Å². The van der Waals surface area contributed by atoms with E-state index in [-0.39, 0.29) is 0 Å². The Labute approximate surface area is 67.3 Å². The minimum Gasteiger partial charge on any atom is -0.381 e. The molecule has 0 bridgehead atoms. The van der Waals surface area contributed by atoms with E-state index >= 15 is 0 Å². The van der Waals surface area contributed by atoms with Gasteiger partial charge in [-0.05, 0) is 12.8 Å². The van der Waals surface area contributed by atoms with E-state index in [0.29, 0.717) is 6.04 Å². The number of hydrazone groups is 1. The maximum absolute atomic E-state index is 5.22. The monoisotopic (exact) mass is 154 g/mol. The minimum absolute atomic E-state index is 0.443. The molecule has 1 heterocycles. The highest BCUT2D eigenvalue weighted by Crippen LogP contribution is 2.14. The molecule has 3 heteroatoms. The number of hydrogen-bond donors (Lipinski definition) is 0. The quantitative estimate of drug-likeness (QED) is 0.451. The molecule has 0 unspecified atom stereocenters. The van der Waals surface area contributed by atoms with Crippen LogP contribution in [0.5, 0.6) is 0 Å². The first-order valence-corrected chi connectivity index (χ1v) is 3.83. The summed E-state index contributed by atoms with van der Waals surface area (Å²) in [6.45, 7) is 8.78. The Morgan fingerprint density at radius 3 is 2.55 bits per heavy atom. The van der Waals surface area contributed by atoms with Crippen LogP contribution in [0, 0.1) is 0 Å². The van der Waals surface area contributed by atoms with Crippen molar-refractivity contribution < 1.29 is 4.74 Å². The molecule has 0 aromatic heterocycles. The van der Waals surface area contributed by atoms with E-state index < -0.39 is 0 Å². The van der Waals surface area contributed by atoms with E-state index in [0.717, 1.165) is 26.1 Å². The molecule has 0 aromatic rings. The lowest BCUT2D eigenvalue weighted by molar-refractivity contribution is 0.0506. The molecular weight excluding hydrogens is 140 g/mol. The van der Waals surface area contributed by atoms with Crippen LogP contribution >= 0.6 is 0 Å². The zero-order valence-corrected chi connectivity index (χ0v) is 6.70. The molecule has 62 valence electrons. The fourth-order valence-corrected chi connectivity index (χ4v) is 1.27. The maximum Gasteiger partial charge on any atom is 0.0562 e. The van der Waals surface area contributed by atoms with Gasteiger partial charge in [-0.3, -0.25) is 5.01 Å². The van der Waals surface area contributed by atoms with Gasteiger partial charge in [-0.2, -0.15) is 5.10 Å². The van der Waals surface area contributed by atoms with Gasteiger partial charge in [0.05, 0.1) is 6.04 Å². The van der Waals surface area contributed by atoms with Gasteiger partial charge < -0.3 is 4.74 Å². The Kier molecular flexibility index (Phi) is 3.11. The van der Waals surface area contributed by atoms with Crippen molar-refractivity contribution in [1.82, 2.24) is 5.01 Å². The zero-order valence-electron chi connectivity index (χ0n) is 6.70. The van der Waals surface area contributed by atoms with Gasteiger partial charge in [0.2, 0.25) is 0 Å². The summed E-state index contributed by atoms with van der Waals surface area (Å²) in [7, 11) is 0. The van der Waals surface area contributed by atoms with E-state index in [1.807, 2.05) is 5.01 Å². The van der Waals surface area contributed by atoms with Crippen molar-refractivity contribution in [3.05, 3.63) is 12.8 Å². The Balaban J connectivity index is 2.42. The van der Waals surface area contributed by atoms with Crippen LogP contribution in [0.3, 0.4) is 0 Å². The summed E-state index contributed by atoms with van der Waals surface area (Å²) in [5.41, 5.74) is 0. The average Bonchev–Trinajstić information content (AvgIpc) is 2.09. The normalized spacial score (nSPS) is 19.3. The lowest BCUT2D eigenvalue weighted by Crippen LogP contribution is -2.32. The van der Waals surface area contributed by atoms with Gasteiger partial charge in [0.1, 0.15) is 0 Å². The summed E-state index contributed by atoms with van der Waals surface area (Å²) in [4.78, 5) is 0. The van der Waals surface area contributed by atoms with Crippen LogP contribution in [0.2, 0.25) is 0 Å². The first kappa shape index (κ1) is 8.27. The summed E-state index contributed by atoms with van der Waals surface area (Å²) in [6.07, 6.45) is 3.75. The standard InChI is InChI=1S/C8H14N2O/c1-3-10(9-2)8-4-6-11-7-5-8/h3,8H,1-2,4-7H2. The van der Waals surface area contributed by atoms with Crippen molar-refractivity contribution in [3.8, 4) is 0 Å². The molecule has 0 amide bonds. The smallest absolute Gasteiger partial charge is 0.0562 e. The largest absolute Gasteiger partial charge is 0.381 e. The molecule has 1 fully saturated rings. The van der Waals surface area contributed by atoms with Crippen LogP contribution in [0.25, 0.3) is 0 Å². The van der Waals surface area contributed by atoms with Crippen molar-refractivity contribution in [2.75, 3.05) is 13.2 Å². The molecule has 1 saturated heterocycles. The molecule has 1 rings (SSSR count). The van der Waals surface area contributed by atoms with Gasteiger partial charge in [0, 0.05) is 26.1 Å². The Morgan fingerprint density at radius 2 is 2.09 bits per heavy atom. The zero-order chi connectivity index (χ0) is 8.10. The first-order valence-electron chi connectivity index (χ1n) is 3.83. The second-order valence-corrected chi connectivity index (χ2v) is 2.55. The highest BCUT2D eigenvalue weighted by Gasteiger charge is 2.17. The van der Waals surface area contributed by atoms with Crippen LogP contribution in [0.15, 0.2) is 17.9 Å². The number of nitrogens with zero attached hydrogens (tertiary/aromatic N) is 2. The minimum atomic E-state index is 0.443. The molecule has 3 nitrogen and oxygen atoms in total. The summed E-state index contributed by atoms with van der Waals surface area (Å²) in [5.74, 6) is 0. The Morgan fingerprint density at radius 1 is 1.45 bits per heavy atom. The third-order valence-corrected chi connectivity index (χ3v) is 1.92. The van der Waals surface area contributed by atoms with Crippen LogP contribution in [-0.2, 0) is 4.74 Å². The van der Waals surface area contributed by atoms with Gasteiger partial charge in [-0.25, -0.2) is 0 Å². The van der Waals surface area contributed by atoms with Crippen molar-refractivity contribution in [3.63, 3.8) is 0 Å². The summed E-state index contributed by atoms with van der Waals surface area (Å²) < 4.78 is 5.22. The average molecular weight is 154 g/mol. The topological polar surface area (TPSA) is 24.8 Å². The van der Waals surface area contributed by atoms with E-state index in [9.17, 15) is 0 Å². The highest BCUT2D eigenvalue weighted by molar-refractivity contribution is 5.22. The SMILES string of the molecule is C=CN(N=C)C1CCOCC1. The Bertz CT molecular complexity index is 133. The van der Waals surface area contributed by atoms with Gasteiger partial charge in [-0.15, -0.1) is 0 Å². The summed E-state index contributed by atoms with van der Waals surface area (Å²) in [5, 5.41) is 5.65. The number of hydrogen-bond acceptors (Lipinski definition) is 3. The molecule has 0 N–H and O–H groups in total. The van der Waals surface area contributed by atoms with Crippen LogP contribution < -0.4 is 0 Å². The molecular formula is C8H14N2O. The lowest BCUT2D eigenvalue weighted by atomic mass is 10.1. The Hall–Kier alpha value is -0.830. The van der Waals surface area contributed by atoms with E-state index in [2.05, 4.69) is 18.4 Å². The molecule has 0 aromatic carbocycles. The van der Waals surface area contributed by atoms with Crippen molar-refractivity contribution in [1.29, 1.82) is 0 Å². The van der Waals surface area contributed by atoms with Crippen molar-refractivity contribution in [2.24, 2.45) is 5.10 Å². The second-order valence-electron chi connectivity index (χ2n) is 2.55. The molecule has 0 spiro atoms. The van der Waals surface area contributed by atoms with E-state index in [4.69, 9.17) is 4.74 Å². The van der Waals surface area contributed by atoms with E-state index in [1.54, 1.807) is 6.20 Å². The molecule has 11 heavy (non-hydrogen) atoms. The lowest BCUT2D eigenvalue weighted by Gasteiger charge is -2.28. The maximum atomic E-state index is 5.22. The molecule has 1 aliphatic rings. The third kappa shape index (κ3) is 2.05. The molecule has 0 saturated carbocycles. The molecule has 0 aliphatic carbocycles. The fourth-order valence-electron chi connectivity index (χ4n) is 1.27. The van der Waals surface area contributed by atoms with Gasteiger partial charge >= 0.3 is 0 Å². The summed E-state index contributed by atoms with van der Waals surface area (Å²) in [6, 6.07) is 0.443. The highest BCUT2D eigenvalue weighted by atomic mass is 16.5. The van der Waals surface area contributed by atoms with Crippen LogP contribution in [-0.4, -0.2) is 31.0 Å². The molecule has 0 radical (unpaired) electrons. The molecule has 1 aliphatic heterocycles. The number of ether oxygens (including phenoxy) is 1. The van der Waals surface area contributed by atoms with Crippen molar-refractivity contribution in [2.45, 2.75) is 18.9 Å². The predicted molar refractivity (Wildman–Crippen MR) is 45.4 cm³/mol. The predicted octanol–water partition coefficient (Wildman–Crippen LogP) is 1.23. The second kappa shape index (κ2) is 4.13. The van der Waals surface area contributed by atoms with Gasteiger partial charge in [0.25, 0.3) is 0 Å². The summed E-state index contributed by atoms with van der Waals surface area (Å²) >= 11 is 0.